The van der Waals surface area contributed by atoms with Gasteiger partial charge in [0.25, 0.3) is 6.43 Å². The van der Waals surface area contributed by atoms with E-state index in [1.165, 1.54) is 12.1 Å². The van der Waals surface area contributed by atoms with Gasteiger partial charge in [0.05, 0.1) is 35.4 Å². The first kappa shape index (κ1) is 17.9. The maximum Gasteiger partial charge on any atom is 0.251 e. The topological polar surface area (TPSA) is 78.6 Å². The van der Waals surface area contributed by atoms with Crippen LogP contribution in [-0.4, -0.2) is 48.6 Å². The third-order valence-electron chi connectivity index (χ3n) is 2.51. The van der Waals surface area contributed by atoms with Crippen LogP contribution in [0.5, 0.6) is 0 Å². The number of aliphatic hydroxyl groups excluding tert-OH is 1. The molecule has 0 spiro atoms. The zero-order chi connectivity index (χ0) is 16.0. The molecule has 1 amide bonds. The van der Waals surface area contributed by atoms with E-state index in [4.69, 9.17) is 34.0 Å². The lowest BCUT2D eigenvalue weighted by atomic mass is 10.2. The molecule has 4 N–H and O–H groups in total. The Balaban J connectivity index is 2.72. The fourth-order valence-electron chi connectivity index (χ4n) is 1.67. The third-order valence-corrected chi connectivity index (χ3v) is 3.10. The van der Waals surface area contributed by atoms with Gasteiger partial charge in [0.2, 0.25) is 5.91 Å². The van der Waals surface area contributed by atoms with E-state index in [0.717, 1.165) is 4.90 Å². The summed E-state index contributed by atoms with van der Waals surface area (Å²) in [4.78, 5) is 13.0. The molecule has 0 aromatic heterocycles. The van der Waals surface area contributed by atoms with E-state index in [1.54, 1.807) is 0 Å². The van der Waals surface area contributed by atoms with Crippen molar-refractivity contribution >= 4 is 40.5 Å². The largest absolute Gasteiger partial charge is 0.399 e. The van der Waals surface area contributed by atoms with Crippen LogP contribution in [-0.2, 0) is 4.79 Å². The summed E-state index contributed by atoms with van der Waals surface area (Å²) in [6, 6.07) is 2.82. The minimum absolute atomic E-state index is 0.0407. The highest BCUT2D eigenvalue weighted by atomic mass is 35.5. The first-order chi connectivity index (χ1) is 9.83. The highest BCUT2D eigenvalue weighted by molar-refractivity contribution is 6.40. The summed E-state index contributed by atoms with van der Waals surface area (Å²) in [6.45, 7) is -1.30. The summed E-state index contributed by atoms with van der Waals surface area (Å²) in [7, 11) is 0. The van der Waals surface area contributed by atoms with Gasteiger partial charge in [0.1, 0.15) is 0 Å². The molecule has 0 atom stereocenters. The van der Waals surface area contributed by atoms with Gasteiger partial charge >= 0.3 is 0 Å². The molecule has 0 aliphatic carbocycles. The predicted molar refractivity (Wildman–Crippen MR) is 79.0 cm³/mol. The lowest BCUT2D eigenvalue weighted by molar-refractivity contribution is -0.117. The van der Waals surface area contributed by atoms with E-state index < -0.39 is 18.9 Å². The molecule has 0 radical (unpaired) electrons. The van der Waals surface area contributed by atoms with Crippen molar-refractivity contribution in [1.82, 2.24) is 4.90 Å². The molecule has 0 unspecified atom stereocenters. The quantitative estimate of drug-likeness (QED) is 0.663. The summed E-state index contributed by atoms with van der Waals surface area (Å²) in [6.07, 6.45) is -2.60. The second-order valence-electron chi connectivity index (χ2n) is 4.26. The summed E-state index contributed by atoms with van der Waals surface area (Å²) >= 11 is 11.8. The SMILES string of the molecule is Nc1cc(Cl)c(NC(=O)CN(CCO)CC(F)F)c(Cl)c1. The van der Waals surface area contributed by atoms with Crippen molar-refractivity contribution in [2.45, 2.75) is 6.43 Å². The highest BCUT2D eigenvalue weighted by Gasteiger charge is 2.17. The van der Waals surface area contributed by atoms with E-state index in [9.17, 15) is 13.6 Å². The number of hydrogen-bond acceptors (Lipinski definition) is 4. The van der Waals surface area contributed by atoms with Gasteiger partial charge in [-0.3, -0.25) is 9.69 Å². The number of anilines is 2. The van der Waals surface area contributed by atoms with Crippen molar-refractivity contribution in [3.8, 4) is 0 Å². The maximum absolute atomic E-state index is 12.3. The van der Waals surface area contributed by atoms with Crippen molar-refractivity contribution in [1.29, 1.82) is 0 Å². The van der Waals surface area contributed by atoms with Crippen molar-refractivity contribution in [2.75, 3.05) is 37.3 Å². The van der Waals surface area contributed by atoms with E-state index in [0.29, 0.717) is 5.69 Å². The molecule has 0 heterocycles. The van der Waals surface area contributed by atoms with Crippen LogP contribution in [0.2, 0.25) is 10.0 Å². The Morgan fingerprint density at radius 3 is 2.43 bits per heavy atom. The first-order valence-electron chi connectivity index (χ1n) is 5.99. The van der Waals surface area contributed by atoms with Crippen molar-refractivity contribution in [2.24, 2.45) is 0 Å². The number of carbonyl (C=O) groups is 1. The molecule has 1 aromatic rings. The summed E-state index contributed by atoms with van der Waals surface area (Å²) in [5, 5.41) is 11.5. The lowest BCUT2D eigenvalue weighted by Crippen LogP contribution is -2.38. The predicted octanol–water partition coefficient (Wildman–Crippen LogP) is 2.07. The Kier molecular flexibility index (Phi) is 7.10. The molecule has 0 saturated carbocycles. The average Bonchev–Trinajstić information content (AvgIpc) is 2.33. The number of amides is 1. The van der Waals surface area contributed by atoms with Crippen LogP contribution < -0.4 is 11.1 Å². The van der Waals surface area contributed by atoms with E-state index in [-0.39, 0.29) is 35.4 Å². The molecular weight excluding hydrogens is 327 g/mol. The molecule has 0 aliphatic rings. The Morgan fingerprint density at radius 2 is 1.95 bits per heavy atom. The van der Waals surface area contributed by atoms with Crippen LogP contribution in [0.25, 0.3) is 0 Å². The van der Waals surface area contributed by atoms with E-state index in [1.807, 2.05) is 0 Å². The Morgan fingerprint density at radius 1 is 1.38 bits per heavy atom. The zero-order valence-corrected chi connectivity index (χ0v) is 12.5. The number of nitrogens with two attached hydrogens (primary N) is 1. The molecule has 21 heavy (non-hydrogen) atoms. The number of nitrogens with zero attached hydrogens (tertiary/aromatic N) is 1. The summed E-state index contributed by atoms with van der Waals surface area (Å²) < 4.78 is 24.7. The van der Waals surface area contributed by atoms with Crippen LogP contribution in [0.1, 0.15) is 0 Å². The molecule has 9 heteroatoms. The van der Waals surface area contributed by atoms with Crippen LogP contribution in [0.15, 0.2) is 12.1 Å². The smallest absolute Gasteiger partial charge is 0.251 e. The Labute approximate surface area is 130 Å². The van der Waals surface area contributed by atoms with Crippen molar-refractivity contribution in [3.63, 3.8) is 0 Å². The molecular formula is C12H15Cl2F2N3O2. The normalized spacial score (nSPS) is 11.2. The van der Waals surface area contributed by atoms with Crippen LogP contribution in [0, 0.1) is 0 Å². The average molecular weight is 342 g/mol. The van der Waals surface area contributed by atoms with Gasteiger partial charge in [0, 0.05) is 12.2 Å². The standard InChI is InChI=1S/C12H15Cl2F2N3O2/c13-8-3-7(17)4-9(14)12(8)18-11(21)6-19(1-2-20)5-10(15)16/h3-4,10,20H,1-2,5-6,17H2,(H,18,21). The second-order valence-corrected chi connectivity index (χ2v) is 5.07. The van der Waals surface area contributed by atoms with Gasteiger partial charge in [-0.05, 0) is 12.1 Å². The minimum Gasteiger partial charge on any atom is -0.399 e. The number of halogens is 4. The molecule has 1 rings (SSSR count). The number of alkyl halides is 2. The van der Waals surface area contributed by atoms with E-state index >= 15 is 0 Å². The van der Waals surface area contributed by atoms with Gasteiger partial charge in [-0.1, -0.05) is 23.2 Å². The van der Waals surface area contributed by atoms with Gasteiger partial charge in [0.15, 0.2) is 0 Å². The Bertz CT molecular complexity index is 480. The van der Waals surface area contributed by atoms with Crippen molar-refractivity contribution < 1.29 is 18.7 Å². The van der Waals surface area contributed by atoms with E-state index in [2.05, 4.69) is 5.32 Å². The molecule has 118 valence electrons. The van der Waals surface area contributed by atoms with Gasteiger partial charge < -0.3 is 16.2 Å². The fourth-order valence-corrected chi connectivity index (χ4v) is 2.26. The van der Waals surface area contributed by atoms with Crippen LogP contribution in [0.4, 0.5) is 20.2 Å². The minimum atomic E-state index is -2.60. The van der Waals surface area contributed by atoms with Crippen LogP contribution >= 0.6 is 23.2 Å². The second kappa shape index (κ2) is 8.33. The maximum atomic E-state index is 12.3. The van der Waals surface area contributed by atoms with Gasteiger partial charge in [-0.25, -0.2) is 8.78 Å². The lowest BCUT2D eigenvalue weighted by Gasteiger charge is -2.20. The molecule has 0 bridgehead atoms. The zero-order valence-electron chi connectivity index (χ0n) is 11.0. The molecule has 1 aromatic carbocycles. The highest BCUT2D eigenvalue weighted by Crippen LogP contribution is 2.32. The number of nitrogens with one attached hydrogen (secondary N) is 1. The number of carbonyl (C=O) groups excluding carboxylic acids is 1. The van der Waals surface area contributed by atoms with Gasteiger partial charge in [-0.15, -0.1) is 0 Å². The molecule has 5 nitrogen and oxygen atoms in total. The van der Waals surface area contributed by atoms with Crippen LogP contribution in [0.3, 0.4) is 0 Å². The first-order valence-corrected chi connectivity index (χ1v) is 6.74. The van der Waals surface area contributed by atoms with Gasteiger partial charge in [-0.2, -0.15) is 0 Å². The molecule has 0 fully saturated rings. The number of hydrogen-bond donors (Lipinski definition) is 3. The number of rotatable bonds is 7. The number of aliphatic hydroxyl groups is 1. The third kappa shape index (κ3) is 6.01. The monoisotopic (exact) mass is 341 g/mol. The van der Waals surface area contributed by atoms with Crippen molar-refractivity contribution in [3.05, 3.63) is 22.2 Å². The molecule has 0 saturated heterocycles. The Hall–Kier alpha value is -1.15. The summed E-state index contributed by atoms with van der Waals surface area (Å²) in [5.74, 6) is -0.572. The number of nitrogen functional groups attached to an aromatic ring is 1. The summed E-state index contributed by atoms with van der Waals surface area (Å²) in [5.41, 5.74) is 6.03. The fraction of sp³-hybridized carbons (Fsp3) is 0.417. The number of benzene rings is 1. The molecule has 0 aliphatic heterocycles.